The maximum absolute atomic E-state index is 8.64. The molecule has 0 aromatic heterocycles. The van der Waals surface area contributed by atoms with Crippen LogP contribution < -0.4 is 5.32 Å². The molecular weight excluding hydrogens is 190 g/mol. The topological polar surface area (TPSA) is 41.5 Å². The van der Waals surface area contributed by atoms with Gasteiger partial charge in [-0.15, -0.1) is 0 Å². The summed E-state index contributed by atoms with van der Waals surface area (Å²) in [5, 5.41) is 12.1. The summed E-state index contributed by atoms with van der Waals surface area (Å²) in [6.07, 6.45) is 3.15. The van der Waals surface area contributed by atoms with Crippen LogP contribution in [0.2, 0.25) is 0 Å². The molecule has 0 rings (SSSR count). The van der Waals surface area contributed by atoms with Gasteiger partial charge in [-0.25, -0.2) is 0 Å². The van der Waals surface area contributed by atoms with Gasteiger partial charge in [0.05, 0.1) is 6.61 Å². The normalized spacial score (nSPS) is 13.4. The molecule has 3 nitrogen and oxygen atoms in total. The number of nitrogens with one attached hydrogen (secondary N) is 1. The van der Waals surface area contributed by atoms with Crippen LogP contribution in [0.4, 0.5) is 0 Å². The first kappa shape index (κ1) is 14.9. The monoisotopic (exact) mass is 217 g/mol. The second kappa shape index (κ2) is 10.4. The quantitative estimate of drug-likeness (QED) is 0.548. The van der Waals surface area contributed by atoms with Gasteiger partial charge in [-0.1, -0.05) is 13.8 Å². The van der Waals surface area contributed by atoms with E-state index < -0.39 is 0 Å². The van der Waals surface area contributed by atoms with E-state index in [0.717, 1.165) is 39.0 Å². The van der Waals surface area contributed by atoms with E-state index in [2.05, 4.69) is 19.2 Å². The first-order chi connectivity index (χ1) is 7.22. The molecule has 0 bridgehead atoms. The molecule has 92 valence electrons. The molecule has 0 fully saturated rings. The number of aliphatic hydroxyl groups is 1. The molecular formula is C12H27NO2. The second-order valence-electron chi connectivity index (χ2n) is 4.25. The summed E-state index contributed by atoms with van der Waals surface area (Å²) < 4.78 is 5.43. The molecule has 1 atom stereocenters. The van der Waals surface area contributed by atoms with Gasteiger partial charge in [0.1, 0.15) is 0 Å². The lowest BCUT2D eigenvalue weighted by atomic mass is 10.1. The van der Waals surface area contributed by atoms with Crippen molar-refractivity contribution >= 4 is 0 Å². The van der Waals surface area contributed by atoms with E-state index in [1.54, 1.807) is 0 Å². The molecule has 2 N–H and O–H groups in total. The zero-order chi connectivity index (χ0) is 11.5. The van der Waals surface area contributed by atoms with E-state index in [0.29, 0.717) is 18.6 Å². The van der Waals surface area contributed by atoms with E-state index >= 15 is 0 Å². The largest absolute Gasteiger partial charge is 0.396 e. The molecule has 1 unspecified atom stereocenters. The van der Waals surface area contributed by atoms with Crippen LogP contribution in [0.15, 0.2) is 0 Å². The molecule has 0 radical (unpaired) electrons. The Bertz CT molecular complexity index is 129. The number of ether oxygens (including phenoxy) is 1. The Morgan fingerprint density at radius 3 is 2.47 bits per heavy atom. The van der Waals surface area contributed by atoms with Gasteiger partial charge in [0.25, 0.3) is 0 Å². The predicted molar refractivity (Wildman–Crippen MR) is 64.1 cm³/mol. The van der Waals surface area contributed by atoms with E-state index in [4.69, 9.17) is 9.84 Å². The third kappa shape index (κ3) is 8.85. The Kier molecular flexibility index (Phi) is 10.3. The molecule has 0 amide bonds. The van der Waals surface area contributed by atoms with Gasteiger partial charge in [-0.2, -0.15) is 0 Å². The number of unbranched alkanes of at least 4 members (excludes halogenated alkanes) is 2. The van der Waals surface area contributed by atoms with Crippen LogP contribution in [0.25, 0.3) is 0 Å². The Morgan fingerprint density at radius 1 is 1.20 bits per heavy atom. The summed E-state index contributed by atoms with van der Waals surface area (Å²) in [5.74, 6) is 0.606. The van der Waals surface area contributed by atoms with Gasteiger partial charge < -0.3 is 15.2 Å². The maximum atomic E-state index is 8.64. The zero-order valence-corrected chi connectivity index (χ0v) is 10.5. The third-order valence-electron chi connectivity index (χ3n) is 2.55. The van der Waals surface area contributed by atoms with E-state index in [1.807, 2.05) is 6.92 Å². The van der Waals surface area contributed by atoms with Crippen LogP contribution >= 0.6 is 0 Å². The van der Waals surface area contributed by atoms with Gasteiger partial charge in [-0.3, -0.25) is 0 Å². The number of hydrogen-bond acceptors (Lipinski definition) is 3. The number of aliphatic hydroxyl groups excluding tert-OH is 1. The average Bonchev–Trinajstić information content (AvgIpc) is 2.21. The predicted octanol–water partition coefficient (Wildman–Crippen LogP) is 1.80. The van der Waals surface area contributed by atoms with Crippen molar-refractivity contribution in [3.05, 3.63) is 0 Å². The van der Waals surface area contributed by atoms with Crippen molar-refractivity contribution in [3.63, 3.8) is 0 Å². The fourth-order valence-corrected chi connectivity index (χ4v) is 1.43. The number of rotatable bonds is 10. The van der Waals surface area contributed by atoms with Crippen LogP contribution in [-0.4, -0.2) is 37.5 Å². The Morgan fingerprint density at radius 2 is 1.93 bits per heavy atom. The maximum Gasteiger partial charge on any atom is 0.0621 e. The van der Waals surface area contributed by atoms with Crippen LogP contribution in [0.1, 0.15) is 40.0 Å². The molecule has 0 saturated heterocycles. The Balaban J connectivity index is 3.48. The summed E-state index contributed by atoms with van der Waals surface area (Å²) in [6, 6.07) is 0.457. The highest BCUT2D eigenvalue weighted by Crippen LogP contribution is 2.03. The van der Waals surface area contributed by atoms with Crippen LogP contribution in [-0.2, 0) is 4.74 Å². The highest BCUT2D eigenvalue weighted by molar-refractivity contribution is 4.69. The molecule has 0 aliphatic rings. The van der Waals surface area contributed by atoms with Crippen molar-refractivity contribution in [2.24, 2.45) is 5.92 Å². The lowest BCUT2D eigenvalue weighted by Crippen LogP contribution is -2.38. The van der Waals surface area contributed by atoms with Gasteiger partial charge in [0.15, 0.2) is 0 Å². The minimum absolute atomic E-state index is 0.312. The van der Waals surface area contributed by atoms with Gasteiger partial charge in [-0.05, 0) is 38.6 Å². The molecule has 0 aromatic rings. The molecule has 0 spiro atoms. The molecule has 3 heteroatoms. The Labute approximate surface area is 94.2 Å². The summed E-state index contributed by atoms with van der Waals surface area (Å²) >= 11 is 0. The SMILES string of the molecule is CCOCC(NCCCCCO)C(C)C. The summed E-state index contributed by atoms with van der Waals surface area (Å²) in [4.78, 5) is 0. The minimum atomic E-state index is 0.312. The van der Waals surface area contributed by atoms with E-state index in [1.165, 1.54) is 0 Å². The first-order valence-corrected chi connectivity index (χ1v) is 6.14. The van der Waals surface area contributed by atoms with Gasteiger partial charge in [0.2, 0.25) is 0 Å². The van der Waals surface area contributed by atoms with Gasteiger partial charge >= 0.3 is 0 Å². The second-order valence-corrected chi connectivity index (χ2v) is 4.25. The van der Waals surface area contributed by atoms with Gasteiger partial charge in [0, 0.05) is 19.3 Å². The van der Waals surface area contributed by atoms with Crippen LogP contribution in [0, 0.1) is 5.92 Å². The molecule has 0 saturated carbocycles. The van der Waals surface area contributed by atoms with Crippen LogP contribution in [0.3, 0.4) is 0 Å². The van der Waals surface area contributed by atoms with Crippen molar-refractivity contribution in [2.75, 3.05) is 26.4 Å². The molecule has 0 aromatic carbocycles. The average molecular weight is 217 g/mol. The standard InChI is InChI=1S/C12H27NO2/c1-4-15-10-12(11(2)3)13-8-6-5-7-9-14/h11-14H,4-10H2,1-3H3. The molecule has 0 heterocycles. The molecule has 0 aliphatic heterocycles. The van der Waals surface area contributed by atoms with E-state index in [-0.39, 0.29) is 0 Å². The zero-order valence-electron chi connectivity index (χ0n) is 10.5. The summed E-state index contributed by atoms with van der Waals surface area (Å²) in [7, 11) is 0. The minimum Gasteiger partial charge on any atom is -0.396 e. The molecule has 15 heavy (non-hydrogen) atoms. The lowest BCUT2D eigenvalue weighted by molar-refractivity contribution is 0.108. The van der Waals surface area contributed by atoms with Crippen molar-refractivity contribution < 1.29 is 9.84 Å². The van der Waals surface area contributed by atoms with Crippen molar-refractivity contribution in [1.29, 1.82) is 0 Å². The van der Waals surface area contributed by atoms with Crippen molar-refractivity contribution in [1.82, 2.24) is 5.32 Å². The smallest absolute Gasteiger partial charge is 0.0621 e. The highest BCUT2D eigenvalue weighted by atomic mass is 16.5. The lowest BCUT2D eigenvalue weighted by Gasteiger charge is -2.22. The number of hydrogen-bond donors (Lipinski definition) is 2. The van der Waals surface area contributed by atoms with E-state index in [9.17, 15) is 0 Å². The summed E-state index contributed by atoms with van der Waals surface area (Å²) in [5.41, 5.74) is 0. The first-order valence-electron chi connectivity index (χ1n) is 6.14. The van der Waals surface area contributed by atoms with Crippen LogP contribution in [0.5, 0.6) is 0 Å². The highest BCUT2D eigenvalue weighted by Gasteiger charge is 2.11. The van der Waals surface area contributed by atoms with Crippen molar-refractivity contribution in [2.45, 2.75) is 46.1 Å². The summed E-state index contributed by atoms with van der Waals surface area (Å²) in [6.45, 7) is 9.37. The fraction of sp³-hybridized carbons (Fsp3) is 1.00. The van der Waals surface area contributed by atoms with Crippen molar-refractivity contribution in [3.8, 4) is 0 Å². The Hall–Kier alpha value is -0.120. The third-order valence-corrected chi connectivity index (χ3v) is 2.55. The fourth-order valence-electron chi connectivity index (χ4n) is 1.43. The molecule has 0 aliphatic carbocycles.